The van der Waals surface area contributed by atoms with E-state index in [4.69, 9.17) is 0 Å². The van der Waals surface area contributed by atoms with Crippen LogP contribution >= 0.6 is 0 Å². The molecule has 0 heteroatoms. The quantitative estimate of drug-likeness (QED) is 0.275. The van der Waals surface area contributed by atoms with Crippen LogP contribution in [-0.2, 0) is 31.1 Å². The summed E-state index contributed by atoms with van der Waals surface area (Å²) in [6, 6.07) is 31.2. The molecule has 0 radical (unpaired) electrons. The Morgan fingerprint density at radius 2 is 1.24 bits per heavy atom. The fourth-order valence-electron chi connectivity index (χ4n) is 6.48. The van der Waals surface area contributed by atoms with Crippen LogP contribution in [0, 0.1) is 0 Å². The van der Waals surface area contributed by atoms with Crippen molar-refractivity contribution in [3.8, 4) is 11.1 Å². The monoisotopic (exact) mass is 426 g/mol. The molecule has 3 aliphatic rings. The minimum Gasteiger partial charge on any atom is -0.0648 e. The Hall–Kier alpha value is -3.12. The number of fused-ring (bicyclic) bond motifs is 5. The van der Waals surface area contributed by atoms with E-state index < -0.39 is 0 Å². The maximum absolute atomic E-state index is 2.54. The lowest BCUT2D eigenvalue weighted by molar-refractivity contribution is 0.716. The van der Waals surface area contributed by atoms with Gasteiger partial charge in [-0.05, 0) is 99.2 Å². The van der Waals surface area contributed by atoms with Gasteiger partial charge in [0, 0.05) is 0 Å². The molecule has 0 saturated carbocycles. The average Bonchev–Trinajstić information content (AvgIpc) is 3.11. The molecular formula is C33H30. The summed E-state index contributed by atoms with van der Waals surface area (Å²) in [5.74, 6) is 0.561. The number of rotatable bonds is 4. The minimum atomic E-state index is -0.245. The predicted octanol–water partition coefficient (Wildman–Crippen LogP) is 7.76. The molecule has 3 aliphatic carbocycles. The van der Waals surface area contributed by atoms with Gasteiger partial charge in [-0.1, -0.05) is 92.7 Å². The smallest absolute Gasteiger partial charge is 0.0648 e. The molecule has 1 atom stereocenters. The van der Waals surface area contributed by atoms with Crippen LogP contribution in [0.4, 0.5) is 0 Å². The molecular weight excluding hydrogens is 396 g/mol. The zero-order chi connectivity index (χ0) is 22.2. The van der Waals surface area contributed by atoms with E-state index in [1.165, 1.54) is 75.8 Å². The van der Waals surface area contributed by atoms with Gasteiger partial charge in [-0.2, -0.15) is 0 Å². The Morgan fingerprint density at radius 3 is 1.82 bits per heavy atom. The van der Waals surface area contributed by atoms with Gasteiger partial charge in [0.25, 0.3) is 0 Å². The first-order valence-electron chi connectivity index (χ1n) is 12.7. The van der Waals surface area contributed by atoms with Crippen LogP contribution in [0.25, 0.3) is 11.1 Å². The fourth-order valence-corrected chi connectivity index (χ4v) is 6.48. The van der Waals surface area contributed by atoms with E-state index in [2.05, 4.69) is 92.7 Å². The van der Waals surface area contributed by atoms with Gasteiger partial charge in [0.1, 0.15) is 0 Å². The Balaban J connectivity index is 1.60. The van der Waals surface area contributed by atoms with Crippen molar-refractivity contribution in [2.75, 3.05) is 0 Å². The SMILES string of the molecule is CCC(C)c1ccc2c(c1)C(c1ccc3c(c1)CC3)(c1ccc3c(c1)CC3)c1ccccc1-2. The summed E-state index contributed by atoms with van der Waals surface area (Å²) < 4.78 is 0. The first kappa shape index (κ1) is 19.4. The Kier molecular flexibility index (Phi) is 4.07. The van der Waals surface area contributed by atoms with Gasteiger partial charge in [-0.15, -0.1) is 0 Å². The second-order valence-electron chi connectivity index (χ2n) is 10.4. The third kappa shape index (κ3) is 2.53. The van der Waals surface area contributed by atoms with Crippen molar-refractivity contribution in [1.29, 1.82) is 0 Å². The number of hydrogen-bond acceptors (Lipinski definition) is 0. The van der Waals surface area contributed by atoms with E-state index >= 15 is 0 Å². The molecule has 0 aliphatic heterocycles. The van der Waals surface area contributed by atoms with Crippen molar-refractivity contribution in [3.63, 3.8) is 0 Å². The zero-order valence-electron chi connectivity index (χ0n) is 19.6. The van der Waals surface area contributed by atoms with Gasteiger partial charge >= 0.3 is 0 Å². The van der Waals surface area contributed by atoms with E-state index in [0.717, 1.165) is 6.42 Å². The van der Waals surface area contributed by atoms with Gasteiger partial charge in [-0.25, -0.2) is 0 Å². The summed E-state index contributed by atoms with van der Waals surface area (Å²) in [5, 5.41) is 0. The molecule has 33 heavy (non-hydrogen) atoms. The summed E-state index contributed by atoms with van der Waals surface area (Å²) in [4.78, 5) is 0. The molecule has 0 N–H and O–H groups in total. The summed E-state index contributed by atoms with van der Waals surface area (Å²) in [7, 11) is 0. The van der Waals surface area contributed by atoms with Crippen LogP contribution in [0.1, 0.15) is 76.3 Å². The summed E-state index contributed by atoms with van der Waals surface area (Å²) in [5.41, 5.74) is 16.0. The minimum absolute atomic E-state index is 0.245. The van der Waals surface area contributed by atoms with E-state index in [1.807, 2.05) is 0 Å². The highest BCUT2D eigenvalue weighted by atomic mass is 14.5. The van der Waals surface area contributed by atoms with E-state index in [-0.39, 0.29) is 5.41 Å². The average molecular weight is 427 g/mol. The highest BCUT2D eigenvalue weighted by Crippen LogP contribution is 2.57. The molecule has 0 nitrogen and oxygen atoms in total. The van der Waals surface area contributed by atoms with E-state index in [1.54, 1.807) is 11.1 Å². The van der Waals surface area contributed by atoms with Crippen molar-refractivity contribution < 1.29 is 0 Å². The van der Waals surface area contributed by atoms with Crippen molar-refractivity contribution in [2.24, 2.45) is 0 Å². The summed E-state index contributed by atoms with van der Waals surface area (Å²) in [6.45, 7) is 4.66. The molecule has 0 saturated heterocycles. The highest BCUT2D eigenvalue weighted by Gasteiger charge is 2.47. The van der Waals surface area contributed by atoms with Crippen molar-refractivity contribution >= 4 is 0 Å². The molecule has 4 aromatic rings. The maximum atomic E-state index is 2.54. The second kappa shape index (κ2) is 6.94. The molecule has 0 fully saturated rings. The van der Waals surface area contributed by atoms with Crippen LogP contribution in [0.3, 0.4) is 0 Å². The van der Waals surface area contributed by atoms with Crippen LogP contribution in [0.15, 0.2) is 78.9 Å². The molecule has 0 aromatic heterocycles. The van der Waals surface area contributed by atoms with Gasteiger partial charge in [-0.3, -0.25) is 0 Å². The second-order valence-corrected chi connectivity index (χ2v) is 10.4. The molecule has 7 rings (SSSR count). The largest absolute Gasteiger partial charge is 0.0713 e. The molecule has 0 amide bonds. The van der Waals surface area contributed by atoms with E-state index in [0.29, 0.717) is 5.92 Å². The van der Waals surface area contributed by atoms with Crippen molar-refractivity contribution in [3.05, 3.63) is 129 Å². The first-order valence-corrected chi connectivity index (χ1v) is 12.7. The lowest BCUT2D eigenvalue weighted by Gasteiger charge is -2.37. The van der Waals surface area contributed by atoms with Crippen LogP contribution in [-0.4, -0.2) is 0 Å². The summed E-state index contributed by atoms with van der Waals surface area (Å²) in [6.07, 6.45) is 6.05. The lowest BCUT2D eigenvalue weighted by Crippen LogP contribution is -2.30. The van der Waals surface area contributed by atoms with Crippen LogP contribution in [0.5, 0.6) is 0 Å². The van der Waals surface area contributed by atoms with Crippen LogP contribution in [0.2, 0.25) is 0 Å². The zero-order valence-corrected chi connectivity index (χ0v) is 19.6. The normalized spacial score (nSPS) is 17.2. The number of aryl methyl sites for hydroxylation is 4. The number of benzene rings is 4. The van der Waals surface area contributed by atoms with Crippen molar-refractivity contribution in [2.45, 2.75) is 57.3 Å². The van der Waals surface area contributed by atoms with Gasteiger partial charge in [0.15, 0.2) is 0 Å². The van der Waals surface area contributed by atoms with Gasteiger partial charge < -0.3 is 0 Å². The number of hydrogen-bond donors (Lipinski definition) is 0. The molecule has 0 heterocycles. The Bertz CT molecular complexity index is 1360. The third-order valence-electron chi connectivity index (χ3n) is 8.86. The molecule has 162 valence electrons. The Morgan fingerprint density at radius 1 is 0.636 bits per heavy atom. The van der Waals surface area contributed by atoms with Crippen molar-refractivity contribution in [1.82, 2.24) is 0 Å². The molecule has 0 bridgehead atoms. The molecule has 1 unspecified atom stereocenters. The van der Waals surface area contributed by atoms with Gasteiger partial charge in [0.05, 0.1) is 5.41 Å². The maximum Gasteiger partial charge on any atom is 0.0713 e. The molecule has 4 aromatic carbocycles. The van der Waals surface area contributed by atoms with Crippen LogP contribution < -0.4 is 0 Å². The Labute approximate surface area is 197 Å². The first-order chi connectivity index (χ1) is 16.2. The lowest BCUT2D eigenvalue weighted by atomic mass is 9.65. The van der Waals surface area contributed by atoms with E-state index in [9.17, 15) is 0 Å². The fraction of sp³-hybridized carbons (Fsp3) is 0.273. The third-order valence-corrected chi connectivity index (χ3v) is 8.86. The standard InChI is InChI=1S/C33H30/c1-3-21(2)24-14-17-30-29-6-4-5-7-31(29)33(32(30)20-24,27-15-12-22-8-10-25(22)18-27)28-16-13-23-9-11-26(23)19-28/h4-7,12-21H,3,8-11H2,1-2H3. The summed E-state index contributed by atoms with van der Waals surface area (Å²) >= 11 is 0. The predicted molar refractivity (Wildman–Crippen MR) is 137 cm³/mol. The highest BCUT2D eigenvalue weighted by molar-refractivity contribution is 5.86. The molecule has 0 spiro atoms. The van der Waals surface area contributed by atoms with Gasteiger partial charge in [0.2, 0.25) is 0 Å². The topological polar surface area (TPSA) is 0 Å².